The summed E-state index contributed by atoms with van der Waals surface area (Å²) in [6, 6.07) is 23.5. The van der Waals surface area contributed by atoms with Gasteiger partial charge in [0.15, 0.2) is 0 Å². The molecule has 42 heavy (non-hydrogen) atoms. The zero-order chi connectivity index (χ0) is 29.2. The van der Waals surface area contributed by atoms with Crippen LogP contribution >= 0.6 is 0 Å². The largest absolute Gasteiger partial charge is 0.349 e. The van der Waals surface area contributed by atoms with Crippen molar-refractivity contribution in [1.82, 2.24) is 15.5 Å². The number of carbonyl (C=O) groups excluding carboxylic acids is 1. The Morgan fingerprint density at radius 3 is 2.74 bits per heavy atom. The molecule has 3 aromatic rings. The first kappa shape index (κ1) is 28.1. The highest BCUT2D eigenvalue weighted by Crippen LogP contribution is 2.41. The van der Waals surface area contributed by atoms with E-state index >= 15 is 0 Å². The number of nitrogens with zero attached hydrogens (tertiary/aromatic N) is 3. The summed E-state index contributed by atoms with van der Waals surface area (Å²) >= 11 is 0. The van der Waals surface area contributed by atoms with E-state index in [9.17, 15) is 4.79 Å². The second-order valence-electron chi connectivity index (χ2n) is 11.8. The summed E-state index contributed by atoms with van der Waals surface area (Å²) in [5, 5.41) is 6.71. The van der Waals surface area contributed by atoms with Crippen LogP contribution in [-0.4, -0.2) is 63.1 Å². The SMILES string of the molecule is Cc1ccc(C(=O)NC2CC2)cc1N1C=NC(=Cc2cccc(C3C(CNCCN(C)C)=Cc4ccccc43)c2)C1N. The van der Waals surface area contributed by atoms with Gasteiger partial charge < -0.3 is 26.2 Å². The molecule has 0 saturated heterocycles. The fraction of sp³-hybridized carbons (Fsp3) is 0.314. The summed E-state index contributed by atoms with van der Waals surface area (Å²) in [4.78, 5) is 21.5. The van der Waals surface area contributed by atoms with Gasteiger partial charge in [0.1, 0.15) is 6.17 Å². The Morgan fingerprint density at radius 1 is 1.10 bits per heavy atom. The summed E-state index contributed by atoms with van der Waals surface area (Å²) in [5.41, 5.74) is 16.4. The van der Waals surface area contributed by atoms with Crippen molar-refractivity contribution in [2.24, 2.45) is 10.7 Å². The van der Waals surface area contributed by atoms with Crippen molar-refractivity contribution in [3.63, 3.8) is 0 Å². The zero-order valence-corrected chi connectivity index (χ0v) is 24.7. The number of anilines is 1. The number of amides is 1. The Morgan fingerprint density at radius 2 is 1.93 bits per heavy atom. The van der Waals surface area contributed by atoms with E-state index in [-0.39, 0.29) is 11.8 Å². The van der Waals surface area contributed by atoms with Gasteiger partial charge in [0.05, 0.1) is 12.0 Å². The van der Waals surface area contributed by atoms with E-state index in [1.54, 1.807) is 6.34 Å². The average molecular weight is 561 g/mol. The smallest absolute Gasteiger partial charge is 0.251 e. The van der Waals surface area contributed by atoms with Crippen molar-refractivity contribution in [2.75, 3.05) is 38.6 Å². The Kier molecular flexibility index (Phi) is 8.07. The number of aryl methyl sites for hydroxylation is 1. The molecule has 0 bridgehead atoms. The molecular weight excluding hydrogens is 520 g/mol. The highest BCUT2D eigenvalue weighted by Gasteiger charge is 2.28. The molecule has 0 aromatic heterocycles. The number of hydrogen-bond acceptors (Lipinski definition) is 6. The number of benzene rings is 3. The van der Waals surface area contributed by atoms with Crippen LogP contribution in [0.25, 0.3) is 12.2 Å². The lowest BCUT2D eigenvalue weighted by Gasteiger charge is -2.23. The Hall–Kier alpha value is -4.04. The molecule has 1 aliphatic heterocycles. The number of hydrogen-bond donors (Lipinski definition) is 3. The molecular formula is C35H40N6O. The second kappa shape index (κ2) is 12.1. The number of nitrogens with two attached hydrogens (primary N) is 1. The first-order chi connectivity index (χ1) is 20.4. The van der Waals surface area contributed by atoms with Crippen molar-refractivity contribution in [2.45, 2.75) is 37.9 Å². The normalized spacial score (nSPS) is 20.4. The van der Waals surface area contributed by atoms with Gasteiger partial charge in [-0.3, -0.25) is 4.79 Å². The van der Waals surface area contributed by atoms with Crippen molar-refractivity contribution in [3.05, 3.63) is 111 Å². The average Bonchev–Trinajstić information content (AvgIpc) is 3.61. The van der Waals surface area contributed by atoms with Crippen LogP contribution in [0.15, 0.2) is 83.0 Å². The van der Waals surface area contributed by atoms with Crippen LogP contribution in [0.5, 0.6) is 0 Å². The quantitative estimate of drug-likeness (QED) is 0.312. The third-order valence-electron chi connectivity index (χ3n) is 8.24. The standard InChI is InChI=1S/C35H40N6O/c1-23-11-12-27(35(42)39-29-13-14-29)20-32(23)41-22-38-31(34(41)36)18-24-7-6-9-26(17-24)33-28(21-37-15-16-40(2)3)19-25-8-4-5-10-30(25)33/h4-12,17-20,22,29,33-34,37H,13-16,21,36H2,1-3H3,(H,39,42). The summed E-state index contributed by atoms with van der Waals surface area (Å²) in [5.74, 6) is 0.168. The molecule has 1 saturated carbocycles. The van der Waals surface area contributed by atoms with E-state index in [4.69, 9.17) is 10.7 Å². The van der Waals surface area contributed by atoms with E-state index in [2.05, 4.69) is 90.3 Å². The summed E-state index contributed by atoms with van der Waals surface area (Å²) in [6.45, 7) is 4.83. The van der Waals surface area contributed by atoms with Crippen LogP contribution in [0.4, 0.5) is 5.69 Å². The van der Waals surface area contributed by atoms with Crippen molar-refractivity contribution < 1.29 is 4.79 Å². The maximum atomic E-state index is 12.7. The van der Waals surface area contributed by atoms with Gasteiger partial charge in [0, 0.05) is 42.8 Å². The number of aliphatic imine (C=N–C) groups is 1. The molecule has 7 heteroatoms. The van der Waals surface area contributed by atoms with Crippen LogP contribution in [-0.2, 0) is 0 Å². The number of rotatable bonds is 10. The van der Waals surface area contributed by atoms with Crippen LogP contribution in [0, 0.1) is 6.92 Å². The van der Waals surface area contributed by atoms with E-state index < -0.39 is 6.17 Å². The van der Waals surface area contributed by atoms with Gasteiger partial charge in [-0.1, -0.05) is 60.7 Å². The Labute approximate surface area is 248 Å². The summed E-state index contributed by atoms with van der Waals surface area (Å²) in [7, 11) is 4.20. The minimum Gasteiger partial charge on any atom is -0.349 e. The lowest BCUT2D eigenvalue weighted by Crippen LogP contribution is -2.38. The van der Waals surface area contributed by atoms with E-state index in [0.717, 1.165) is 55.0 Å². The highest BCUT2D eigenvalue weighted by molar-refractivity contribution is 5.97. The number of likely N-dealkylation sites (N-methyl/N-ethyl adjacent to an activating group) is 1. The molecule has 1 heterocycles. The van der Waals surface area contributed by atoms with Gasteiger partial charge in [-0.05, 0) is 85.5 Å². The highest BCUT2D eigenvalue weighted by atomic mass is 16.1. The predicted molar refractivity (Wildman–Crippen MR) is 173 cm³/mol. The molecule has 2 unspecified atom stereocenters. The van der Waals surface area contributed by atoms with Gasteiger partial charge in [-0.15, -0.1) is 0 Å². The lowest BCUT2D eigenvalue weighted by molar-refractivity contribution is 0.0951. The minimum atomic E-state index is -0.447. The predicted octanol–water partition coefficient (Wildman–Crippen LogP) is 4.74. The number of nitrogens with one attached hydrogen (secondary N) is 2. The first-order valence-electron chi connectivity index (χ1n) is 14.8. The Balaban J connectivity index is 1.22. The van der Waals surface area contributed by atoms with Crippen LogP contribution in [0.3, 0.4) is 0 Å². The number of fused-ring (bicyclic) bond motifs is 1. The molecule has 4 N–H and O–H groups in total. The zero-order valence-electron chi connectivity index (χ0n) is 24.7. The second-order valence-corrected chi connectivity index (χ2v) is 11.8. The molecule has 3 aromatic carbocycles. The molecule has 0 radical (unpaired) electrons. The molecule has 3 aliphatic rings. The number of carbonyl (C=O) groups is 1. The third kappa shape index (κ3) is 6.09. The molecule has 1 amide bonds. The fourth-order valence-electron chi connectivity index (χ4n) is 5.75. The van der Waals surface area contributed by atoms with E-state index in [0.29, 0.717) is 11.6 Å². The van der Waals surface area contributed by atoms with Crippen molar-refractivity contribution in [1.29, 1.82) is 0 Å². The molecule has 2 aliphatic carbocycles. The topological polar surface area (TPSA) is 86.0 Å². The van der Waals surface area contributed by atoms with Gasteiger partial charge in [0.2, 0.25) is 0 Å². The maximum absolute atomic E-state index is 12.7. The third-order valence-corrected chi connectivity index (χ3v) is 8.24. The summed E-state index contributed by atoms with van der Waals surface area (Å²) < 4.78 is 0. The molecule has 216 valence electrons. The molecule has 0 spiro atoms. The molecule has 1 fully saturated rings. The van der Waals surface area contributed by atoms with Gasteiger partial charge >= 0.3 is 0 Å². The molecule has 6 rings (SSSR count). The molecule has 7 nitrogen and oxygen atoms in total. The van der Waals surface area contributed by atoms with Gasteiger partial charge in [0.25, 0.3) is 5.91 Å². The van der Waals surface area contributed by atoms with E-state index in [1.807, 2.05) is 30.0 Å². The monoisotopic (exact) mass is 560 g/mol. The lowest BCUT2D eigenvalue weighted by atomic mass is 9.87. The van der Waals surface area contributed by atoms with Crippen molar-refractivity contribution in [3.8, 4) is 0 Å². The van der Waals surface area contributed by atoms with Gasteiger partial charge in [-0.2, -0.15) is 0 Å². The summed E-state index contributed by atoms with van der Waals surface area (Å²) in [6.07, 6.45) is 7.86. The Bertz CT molecular complexity index is 1570. The van der Waals surface area contributed by atoms with Crippen LogP contribution in [0.2, 0.25) is 0 Å². The molecule has 2 atom stereocenters. The minimum absolute atomic E-state index is 0.0363. The van der Waals surface area contributed by atoms with Crippen molar-refractivity contribution >= 4 is 30.1 Å². The van der Waals surface area contributed by atoms with Crippen LogP contribution in [0.1, 0.15) is 56.9 Å². The first-order valence-corrected chi connectivity index (χ1v) is 14.8. The maximum Gasteiger partial charge on any atom is 0.251 e. The van der Waals surface area contributed by atoms with E-state index in [1.165, 1.54) is 22.3 Å². The van der Waals surface area contributed by atoms with Gasteiger partial charge in [-0.25, -0.2) is 4.99 Å². The van der Waals surface area contributed by atoms with Crippen LogP contribution < -0.4 is 21.3 Å². The fourth-order valence-corrected chi connectivity index (χ4v) is 5.75.